The van der Waals surface area contributed by atoms with Gasteiger partial charge in [-0.25, -0.2) is 9.97 Å². The minimum atomic E-state index is -0.246. The Labute approximate surface area is 102 Å². The molecule has 0 saturated carbocycles. The molecule has 1 rings (SSSR count). The lowest BCUT2D eigenvalue weighted by Gasteiger charge is -2.24. The molecule has 0 bridgehead atoms. The van der Waals surface area contributed by atoms with Crippen molar-refractivity contribution < 1.29 is 4.79 Å². The zero-order chi connectivity index (χ0) is 12.9. The van der Waals surface area contributed by atoms with Gasteiger partial charge in [0.25, 0.3) is 0 Å². The van der Waals surface area contributed by atoms with Crippen LogP contribution in [-0.4, -0.2) is 28.0 Å². The van der Waals surface area contributed by atoms with E-state index in [1.54, 1.807) is 12.3 Å². The van der Waals surface area contributed by atoms with E-state index in [-0.39, 0.29) is 17.4 Å². The van der Waals surface area contributed by atoms with Crippen molar-refractivity contribution in [2.75, 3.05) is 6.54 Å². The summed E-state index contributed by atoms with van der Waals surface area (Å²) in [6, 6.07) is 1.80. The first-order chi connectivity index (χ1) is 7.92. The van der Waals surface area contributed by atoms with Crippen molar-refractivity contribution in [3.63, 3.8) is 0 Å². The number of nitrogens with zero attached hydrogens (tertiary/aromatic N) is 2. The zero-order valence-electron chi connectivity index (χ0n) is 10.6. The van der Waals surface area contributed by atoms with Crippen LogP contribution < -0.4 is 11.1 Å². The average Bonchev–Trinajstić information content (AvgIpc) is 2.24. The van der Waals surface area contributed by atoms with E-state index < -0.39 is 0 Å². The molecule has 0 saturated heterocycles. The van der Waals surface area contributed by atoms with E-state index in [0.29, 0.717) is 13.0 Å². The predicted molar refractivity (Wildman–Crippen MR) is 66.2 cm³/mol. The number of carbonyl (C=O) groups excluding carboxylic acids is 1. The van der Waals surface area contributed by atoms with Crippen LogP contribution in [0.2, 0.25) is 0 Å². The number of nitrogens with one attached hydrogen (secondary N) is 1. The van der Waals surface area contributed by atoms with Crippen LogP contribution in [0.5, 0.6) is 0 Å². The Balaban J connectivity index is 2.63. The SMILES string of the molecule is CC(C)(C)NC(=O)C(CN)Cc1ccncn1. The third-order valence-electron chi connectivity index (χ3n) is 2.25. The summed E-state index contributed by atoms with van der Waals surface area (Å²) in [4.78, 5) is 19.9. The van der Waals surface area contributed by atoms with Gasteiger partial charge in [-0.05, 0) is 26.8 Å². The zero-order valence-corrected chi connectivity index (χ0v) is 10.6. The van der Waals surface area contributed by atoms with Crippen LogP contribution in [0.25, 0.3) is 0 Å². The minimum Gasteiger partial charge on any atom is -0.351 e. The largest absolute Gasteiger partial charge is 0.351 e. The van der Waals surface area contributed by atoms with Crippen molar-refractivity contribution in [3.8, 4) is 0 Å². The maximum atomic E-state index is 12.0. The first kappa shape index (κ1) is 13.6. The van der Waals surface area contributed by atoms with Gasteiger partial charge in [0.2, 0.25) is 5.91 Å². The fraction of sp³-hybridized carbons (Fsp3) is 0.583. The maximum Gasteiger partial charge on any atom is 0.225 e. The number of carbonyl (C=O) groups is 1. The van der Waals surface area contributed by atoms with Crippen LogP contribution in [-0.2, 0) is 11.2 Å². The molecule has 0 fully saturated rings. The fourth-order valence-electron chi connectivity index (χ4n) is 1.45. The standard InChI is InChI=1S/C12H20N4O/c1-12(2,3)16-11(17)9(7-13)6-10-4-5-14-8-15-10/h4-5,8-9H,6-7,13H2,1-3H3,(H,16,17). The third-order valence-corrected chi connectivity index (χ3v) is 2.25. The summed E-state index contributed by atoms with van der Waals surface area (Å²) in [5.74, 6) is -0.275. The highest BCUT2D eigenvalue weighted by Crippen LogP contribution is 2.07. The Kier molecular flexibility index (Phi) is 4.57. The Morgan fingerprint density at radius 1 is 1.53 bits per heavy atom. The van der Waals surface area contributed by atoms with Gasteiger partial charge in [0.15, 0.2) is 0 Å². The summed E-state index contributed by atoms with van der Waals surface area (Å²) in [5, 5.41) is 2.93. The number of nitrogens with two attached hydrogens (primary N) is 1. The average molecular weight is 236 g/mol. The Hall–Kier alpha value is -1.49. The molecule has 3 N–H and O–H groups in total. The second-order valence-corrected chi connectivity index (χ2v) is 5.08. The lowest BCUT2D eigenvalue weighted by molar-refractivity contribution is -0.126. The number of aromatic nitrogens is 2. The van der Waals surface area contributed by atoms with Gasteiger partial charge < -0.3 is 11.1 Å². The molecule has 1 aromatic heterocycles. The fourth-order valence-corrected chi connectivity index (χ4v) is 1.45. The molecular weight excluding hydrogens is 216 g/mol. The van der Waals surface area contributed by atoms with Gasteiger partial charge in [-0.1, -0.05) is 0 Å². The van der Waals surface area contributed by atoms with E-state index >= 15 is 0 Å². The van der Waals surface area contributed by atoms with Gasteiger partial charge >= 0.3 is 0 Å². The Morgan fingerprint density at radius 3 is 2.71 bits per heavy atom. The van der Waals surface area contributed by atoms with E-state index in [9.17, 15) is 4.79 Å². The summed E-state index contributed by atoms with van der Waals surface area (Å²) in [7, 11) is 0. The van der Waals surface area contributed by atoms with Crippen LogP contribution in [0.3, 0.4) is 0 Å². The molecule has 94 valence electrons. The van der Waals surface area contributed by atoms with E-state index in [0.717, 1.165) is 5.69 Å². The molecule has 1 unspecified atom stereocenters. The molecule has 0 aromatic carbocycles. The van der Waals surface area contributed by atoms with Crippen LogP contribution in [0.1, 0.15) is 26.5 Å². The first-order valence-electron chi connectivity index (χ1n) is 5.69. The summed E-state index contributed by atoms with van der Waals surface area (Å²) in [5.41, 5.74) is 6.23. The van der Waals surface area contributed by atoms with Gasteiger partial charge in [0, 0.05) is 30.4 Å². The molecule has 0 aliphatic carbocycles. The molecular formula is C12H20N4O. The highest BCUT2D eigenvalue weighted by Gasteiger charge is 2.22. The molecule has 17 heavy (non-hydrogen) atoms. The molecule has 1 aromatic rings. The van der Waals surface area contributed by atoms with Crippen LogP contribution in [0.4, 0.5) is 0 Å². The summed E-state index contributed by atoms with van der Waals surface area (Å²) in [6.07, 6.45) is 3.68. The van der Waals surface area contributed by atoms with Crippen LogP contribution >= 0.6 is 0 Å². The van der Waals surface area contributed by atoms with Crippen LogP contribution in [0.15, 0.2) is 18.6 Å². The minimum absolute atomic E-state index is 0.0291. The topological polar surface area (TPSA) is 80.9 Å². The molecule has 0 aliphatic heterocycles. The van der Waals surface area contributed by atoms with Gasteiger partial charge in [-0.15, -0.1) is 0 Å². The first-order valence-corrected chi connectivity index (χ1v) is 5.69. The summed E-state index contributed by atoms with van der Waals surface area (Å²) >= 11 is 0. The number of rotatable bonds is 4. The quantitative estimate of drug-likeness (QED) is 0.798. The van der Waals surface area contributed by atoms with Crippen molar-refractivity contribution in [1.82, 2.24) is 15.3 Å². The molecule has 5 heteroatoms. The van der Waals surface area contributed by atoms with Crippen molar-refractivity contribution in [1.29, 1.82) is 0 Å². The molecule has 1 atom stereocenters. The Morgan fingerprint density at radius 2 is 2.24 bits per heavy atom. The third kappa shape index (κ3) is 4.91. The normalized spacial score (nSPS) is 13.2. The monoisotopic (exact) mass is 236 g/mol. The Bertz CT molecular complexity index is 359. The highest BCUT2D eigenvalue weighted by atomic mass is 16.2. The molecule has 5 nitrogen and oxygen atoms in total. The maximum absolute atomic E-state index is 12.0. The molecule has 1 heterocycles. The van der Waals surface area contributed by atoms with Crippen molar-refractivity contribution in [2.45, 2.75) is 32.7 Å². The summed E-state index contributed by atoms with van der Waals surface area (Å²) < 4.78 is 0. The van der Waals surface area contributed by atoms with Gasteiger partial charge in [0.1, 0.15) is 6.33 Å². The van der Waals surface area contributed by atoms with Gasteiger partial charge in [-0.2, -0.15) is 0 Å². The van der Waals surface area contributed by atoms with E-state index in [1.807, 2.05) is 20.8 Å². The molecule has 0 spiro atoms. The van der Waals surface area contributed by atoms with E-state index in [1.165, 1.54) is 6.33 Å². The van der Waals surface area contributed by atoms with E-state index in [4.69, 9.17) is 5.73 Å². The predicted octanol–water partition coefficient (Wildman–Crippen LogP) is 0.509. The molecule has 1 amide bonds. The number of hydrogen-bond donors (Lipinski definition) is 2. The van der Waals surface area contributed by atoms with Crippen molar-refractivity contribution >= 4 is 5.91 Å². The van der Waals surface area contributed by atoms with Gasteiger partial charge in [-0.3, -0.25) is 4.79 Å². The second-order valence-electron chi connectivity index (χ2n) is 5.08. The lowest BCUT2D eigenvalue weighted by atomic mass is 10.00. The number of hydrogen-bond acceptors (Lipinski definition) is 4. The number of amides is 1. The highest BCUT2D eigenvalue weighted by molar-refractivity contribution is 5.79. The van der Waals surface area contributed by atoms with E-state index in [2.05, 4.69) is 15.3 Å². The molecule has 0 aliphatic rings. The van der Waals surface area contributed by atoms with Crippen LogP contribution in [0, 0.1) is 5.92 Å². The van der Waals surface area contributed by atoms with Crippen molar-refractivity contribution in [3.05, 3.63) is 24.3 Å². The lowest BCUT2D eigenvalue weighted by Crippen LogP contribution is -2.46. The second kappa shape index (κ2) is 5.72. The molecule has 0 radical (unpaired) electrons. The summed E-state index contributed by atoms with van der Waals surface area (Å²) in [6.45, 7) is 6.15. The van der Waals surface area contributed by atoms with Crippen molar-refractivity contribution in [2.24, 2.45) is 11.7 Å². The van der Waals surface area contributed by atoms with Gasteiger partial charge in [0.05, 0.1) is 5.92 Å². The smallest absolute Gasteiger partial charge is 0.225 e.